The van der Waals surface area contributed by atoms with Gasteiger partial charge in [-0.1, -0.05) is 6.07 Å². The molecule has 0 fully saturated rings. The van der Waals surface area contributed by atoms with E-state index in [9.17, 15) is 9.18 Å². The van der Waals surface area contributed by atoms with E-state index >= 15 is 0 Å². The Morgan fingerprint density at radius 1 is 1.33 bits per heavy atom. The molecule has 1 heterocycles. The number of aromatic nitrogens is 1. The van der Waals surface area contributed by atoms with Crippen molar-refractivity contribution in [3.63, 3.8) is 0 Å². The summed E-state index contributed by atoms with van der Waals surface area (Å²) >= 11 is 0. The molecule has 2 rings (SSSR count). The van der Waals surface area contributed by atoms with Crippen LogP contribution in [0.15, 0.2) is 24.4 Å². The zero-order chi connectivity index (χ0) is 13.5. The molecule has 0 unspecified atom stereocenters. The average Bonchev–Trinajstić information content (AvgIpc) is 2.53. The van der Waals surface area contributed by atoms with Gasteiger partial charge in [-0.05, 0) is 45.4 Å². The summed E-state index contributed by atoms with van der Waals surface area (Å²) in [7, 11) is 0. The van der Waals surface area contributed by atoms with Crippen molar-refractivity contribution in [3.05, 3.63) is 35.8 Å². The van der Waals surface area contributed by atoms with E-state index < -0.39 is 17.5 Å². The number of nitrogens with zero attached hydrogens (tertiary/aromatic N) is 1. The number of rotatable bonds is 0. The van der Waals surface area contributed by atoms with Gasteiger partial charge in [0.25, 0.3) is 0 Å². The Bertz CT molecular complexity index is 608. The number of carbonyl (C=O) groups is 1. The topological polar surface area (TPSA) is 31.2 Å². The van der Waals surface area contributed by atoms with Crippen molar-refractivity contribution in [1.82, 2.24) is 4.57 Å². The van der Waals surface area contributed by atoms with Crippen molar-refractivity contribution >= 4 is 17.0 Å². The molecular weight excluding hydrogens is 233 g/mol. The van der Waals surface area contributed by atoms with Gasteiger partial charge in [-0.3, -0.25) is 0 Å². The third-order valence-corrected chi connectivity index (χ3v) is 2.50. The molecule has 2 aromatic rings. The normalized spacial score (nSPS) is 11.8. The fourth-order valence-electron chi connectivity index (χ4n) is 1.76. The van der Waals surface area contributed by atoms with Crippen molar-refractivity contribution < 1.29 is 13.9 Å². The Balaban J connectivity index is 2.51. The molecule has 4 heteroatoms. The largest absolute Gasteiger partial charge is 0.443 e. The first-order valence-corrected chi connectivity index (χ1v) is 5.78. The van der Waals surface area contributed by atoms with E-state index in [1.807, 2.05) is 13.0 Å². The summed E-state index contributed by atoms with van der Waals surface area (Å²) in [6.45, 7) is 7.22. The van der Waals surface area contributed by atoms with Gasteiger partial charge in [0.2, 0.25) is 0 Å². The number of ether oxygens (including phenoxy) is 1. The van der Waals surface area contributed by atoms with Gasteiger partial charge >= 0.3 is 6.09 Å². The number of hydrogen-bond acceptors (Lipinski definition) is 2. The van der Waals surface area contributed by atoms with Crippen LogP contribution >= 0.6 is 0 Å². The zero-order valence-corrected chi connectivity index (χ0v) is 11.0. The van der Waals surface area contributed by atoms with Crippen LogP contribution in [0.25, 0.3) is 10.9 Å². The Hall–Kier alpha value is -1.84. The molecule has 0 aliphatic carbocycles. The summed E-state index contributed by atoms with van der Waals surface area (Å²) in [5.41, 5.74) is 0.890. The molecule has 96 valence electrons. The molecule has 1 aromatic carbocycles. The highest BCUT2D eigenvalue weighted by atomic mass is 19.1. The summed E-state index contributed by atoms with van der Waals surface area (Å²) < 4.78 is 20.2. The van der Waals surface area contributed by atoms with E-state index in [4.69, 9.17) is 4.74 Å². The molecule has 0 bridgehead atoms. The van der Waals surface area contributed by atoms with E-state index in [1.54, 1.807) is 32.9 Å². The third kappa shape index (κ3) is 2.37. The van der Waals surface area contributed by atoms with Crippen LogP contribution in [0, 0.1) is 12.7 Å². The van der Waals surface area contributed by atoms with Gasteiger partial charge in [-0.2, -0.15) is 0 Å². The van der Waals surface area contributed by atoms with Gasteiger partial charge in [0.1, 0.15) is 11.4 Å². The zero-order valence-electron chi connectivity index (χ0n) is 11.0. The van der Waals surface area contributed by atoms with Crippen molar-refractivity contribution in [2.45, 2.75) is 33.3 Å². The highest BCUT2D eigenvalue weighted by Gasteiger charge is 2.20. The summed E-state index contributed by atoms with van der Waals surface area (Å²) in [6, 6.07) is 5.24. The average molecular weight is 249 g/mol. The maximum absolute atomic E-state index is 13.7. The number of halogens is 1. The molecule has 0 saturated heterocycles. The SMILES string of the molecule is Cc1ccc2c(F)cn(C(=O)OC(C)(C)C)c2c1. The second-order valence-electron chi connectivity index (χ2n) is 5.35. The maximum Gasteiger partial charge on any atom is 0.419 e. The van der Waals surface area contributed by atoms with Crippen molar-refractivity contribution in [1.29, 1.82) is 0 Å². The van der Waals surface area contributed by atoms with E-state index in [1.165, 1.54) is 4.57 Å². The Morgan fingerprint density at radius 2 is 2.00 bits per heavy atom. The molecule has 1 aromatic heterocycles. The molecule has 0 atom stereocenters. The number of hydrogen-bond donors (Lipinski definition) is 0. The molecule has 0 amide bonds. The highest BCUT2D eigenvalue weighted by molar-refractivity contribution is 5.90. The lowest BCUT2D eigenvalue weighted by atomic mass is 10.2. The van der Waals surface area contributed by atoms with Gasteiger partial charge in [0, 0.05) is 5.39 Å². The molecule has 0 aliphatic heterocycles. The van der Waals surface area contributed by atoms with Crippen molar-refractivity contribution in [3.8, 4) is 0 Å². The number of aryl methyl sites for hydroxylation is 1. The molecular formula is C14H16FNO2. The smallest absolute Gasteiger partial charge is 0.419 e. The van der Waals surface area contributed by atoms with Crippen LogP contribution in [0.4, 0.5) is 9.18 Å². The standard InChI is InChI=1S/C14H16FNO2/c1-9-5-6-10-11(15)8-16(12(10)7-9)13(17)18-14(2,3)4/h5-8H,1-4H3. The number of benzene rings is 1. The lowest BCUT2D eigenvalue weighted by Crippen LogP contribution is -2.26. The Morgan fingerprint density at radius 3 is 2.61 bits per heavy atom. The van der Waals surface area contributed by atoms with Crippen molar-refractivity contribution in [2.24, 2.45) is 0 Å². The summed E-state index contributed by atoms with van der Waals surface area (Å²) in [6.07, 6.45) is 0.597. The fraction of sp³-hybridized carbons (Fsp3) is 0.357. The quantitative estimate of drug-likeness (QED) is 0.709. The van der Waals surface area contributed by atoms with Crippen LogP contribution in [-0.4, -0.2) is 16.3 Å². The van der Waals surface area contributed by atoms with E-state index in [0.29, 0.717) is 10.9 Å². The Kier molecular flexibility index (Phi) is 2.89. The van der Waals surface area contributed by atoms with Crippen LogP contribution in [0.3, 0.4) is 0 Å². The summed E-state index contributed by atoms with van der Waals surface area (Å²) in [5.74, 6) is -0.421. The molecule has 0 aliphatic rings. The lowest BCUT2D eigenvalue weighted by Gasteiger charge is -2.19. The molecule has 0 radical (unpaired) electrons. The minimum absolute atomic E-state index is 0.421. The summed E-state index contributed by atoms with van der Waals surface area (Å²) in [4.78, 5) is 12.0. The molecule has 0 saturated carbocycles. The maximum atomic E-state index is 13.7. The van der Waals surface area contributed by atoms with E-state index in [2.05, 4.69) is 0 Å². The van der Waals surface area contributed by atoms with Gasteiger partial charge in [-0.15, -0.1) is 0 Å². The summed E-state index contributed by atoms with van der Waals surface area (Å²) in [5, 5.41) is 0.423. The van der Waals surface area contributed by atoms with E-state index in [-0.39, 0.29) is 0 Å². The van der Waals surface area contributed by atoms with Gasteiger partial charge < -0.3 is 4.74 Å². The first kappa shape index (κ1) is 12.6. The number of carbonyl (C=O) groups excluding carboxylic acids is 1. The first-order valence-electron chi connectivity index (χ1n) is 5.78. The fourth-order valence-corrected chi connectivity index (χ4v) is 1.76. The second kappa shape index (κ2) is 4.12. The molecule has 18 heavy (non-hydrogen) atoms. The Labute approximate surface area is 105 Å². The first-order chi connectivity index (χ1) is 8.28. The van der Waals surface area contributed by atoms with Crippen LogP contribution in [0.2, 0.25) is 0 Å². The molecule has 0 N–H and O–H groups in total. The number of fused-ring (bicyclic) bond motifs is 1. The van der Waals surface area contributed by atoms with Gasteiger partial charge in [0.05, 0.1) is 11.7 Å². The highest BCUT2D eigenvalue weighted by Crippen LogP contribution is 2.22. The lowest BCUT2D eigenvalue weighted by molar-refractivity contribution is 0.0543. The second-order valence-corrected chi connectivity index (χ2v) is 5.35. The van der Waals surface area contributed by atoms with Crippen LogP contribution in [-0.2, 0) is 4.74 Å². The molecule has 3 nitrogen and oxygen atoms in total. The predicted molar refractivity (Wildman–Crippen MR) is 68.3 cm³/mol. The monoisotopic (exact) mass is 249 g/mol. The van der Waals surface area contributed by atoms with Crippen LogP contribution in [0.5, 0.6) is 0 Å². The minimum Gasteiger partial charge on any atom is -0.443 e. The molecule has 0 spiro atoms. The minimum atomic E-state index is -0.603. The van der Waals surface area contributed by atoms with Gasteiger partial charge in [-0.25, -0.2) is 13.8 Å². The van der Waals surface area contributed by atoms with Crippen LogP contribution < -0.4 is 0 Å². The van der Waals surface area contributed by atoms with Crippen LogP contribution in [0.1, 0.15) is 26.3 Å². The predicted octanol–water partition coefficient (Wildman–Crippen LogP) is 3.87. The third-order valence-electron chi connectivity index (χ3n) is 2.50. The van der Waals surface area contributed by atoms with E-state index in [0.717, 1.165) is 11.8 Å². The van der Waals surface area contributed by atoms with Crippen molar-refractivity contribution in [2.75, 3.05) is 0 Å². The van der Waals surface area contributed by atoms with Gasteiger partial charge in [0.15, 0.2) is 0 Å².